The van der Waals surface area contributed by atoms with Gasteiger partial charge in [-0.05, 0) is 74.4 Å². The number of hydrogen-bond donors (Lipinski definition) is 3. The number of carbonyl (C=O) groups excluding carboxylic acids is 3. The van der Waals surface area contributed by atoms with E-state index in [0.29, 0.717) is 36.1 Å². The lowest BCUT2D eigenvalue weighted by Crippen LogP contribution is -2.58. The van der Waals surface area contributed by atoms with Crippen LogP contribution in [-0.2, 0) is 15.1 Å². The van der Waals surface area contributed by atoms with Crippen molar-refractivity contribution in [3.8, 4) is 22.4 Å². The minimum absolute atomic E-state index is 0.177. The number of carbonyl (C=O) groups is 3. The summed E-state index contributed by atoms with van der Waals surface area (Å²) < 4.78 is 1.48. The normalized spacial score (nSPS) is 17.2. The van der Waals surface area contributed by atoms with Crippen LogP contribution in [0.1, 0.15) is 54.9 Å². The maximum absolute atomic E-state index is 13.9. The standard InChI is InChI=1S/C39H36N8O4/c1-24(41-35(48)27-14-19-40-20-15-27)37(50)46-21-5-9-32(46)36(49)43-39(17-6-18-39)28-12-10-26(11-13-28)33-29(25-7-3-2-4-8-25)23-30-31(42-33)16-22-47-34(30)44-45-38(47)51/h2-4,7-8,10-16,19-20,22-24,32H,5-6,9,17-18,21H2,1H3,(H,41,48)(H,43,49)(H,45,51)/t24-,32+/m1/s1. The minimum atomic E-state index is -0.790. The fourth-order valence-corrected chi connectivity index (χ4v) is 7.35. The number of amides is 3. The van der Waals surface area contributed by atoms with Gasteiger partial charge in [-0.1, -0.05) is 54.6 Å². The molecule has 51 heavy (non-hydrogen) atoms. The average molecular weight is 681 g/mol. The van der Waals surface area contributed by atoms with Crippen LogP contribution in [0.3, 0.4) is 0 Å². The van der Waals surface area contributed by atoms with E-state index < -0.39 is 17.6 Å². The highest BCUT2D eigenvalue weighted by Gasteiger charge is 2.44. The zero-order chi connectivity index (χ0) is 35.1. The Balaban J connectivity index is 1.04. The summed E-state index contributed by atoms with van der Waals surface area (Å²) in [6.07, 6.45) is 8.55. The van der Waals surface area contributed by atoms with E-state index in [9.17, 15) is 19.2 Å². The number of rotatable bonds is 8. The summed E-state index contributed by atoms with van der Waals surface area (Å²) >= 11 is 0. The zero-order valence-corrected chi connectivity index (χ0v) is 28.0. The smallest absolute Gasteiger partial charge is 0.345 e. The topological polar surface area (TPSA) is 154 Å². The Bertz CT molecular complexity index is 2330. The third-order valence-corrected chi connectivity index (χ3v) is 10.2. The van der Waals surface area contributed by atoms with Crippen molar-refractivity contribution in [3.63, 3.8) is 0 Å². The van der Waals surface area contributed by atoms with Gasteiger partial charge in [0, 0.05) is 47.2 Å². The van der Waals surface area contributed by atoms with Crippen LogP contribution in [0.2, 0.25) is 0 Å². The second-order valence-corrected chi connectivity index (χ2v) is 13.3. The Kier molecular flexibility index (Phi) is 8.13. The summed E-state index contributed by atoms with van der Waals surface area (Å²) in [5.74, 6) is -0.820. The molecule has 0 bridgehead atoms. The molecule has 1 saturated heterocycles. The number of nitrogens with one attached hydrogen (secondary N) is 3. The number of fused-ring (bicyclic) bond motifs is 3. The second kappa shape index (κ2) is 12.9. The lowest BCUT2D eigenvalue weighted by Gasteiger charge is -2.44. The molecule has 0 spiro atoms. The Morgan fingerprint density at radius 3 is 2.43 bits per heavy atom. The van der Waals surface area contributed by atoms with Gasteiger partial charge < -0.3 is 15.5 Å². The van der Waals surface area contributed by atoms with E-state index in [1.165, 1.54) is 16.8 Å². The molecule has 256 valence electrons. The van der Waals surface area contributed by atoms with Crippen LogP contribution in [-0.4, -0.2) is 65.8 Å². The van der Waals surface area contributed by atoms with E-state index in [-0.39, 0.29) is 23.4 Å². The van der Waals surface area contributed by atoms with Gasteiger partial charge in [-0.2, -0.15) is 5.10 Å². The lowest BCUT2D eigenvalue weighted by molar-refractivity contribution is -0.140. The van der Waals surface area contributed by atoms with Crippen molar-refractivity contribution in [2.45, 2.75) is 56.7 Å². The molecule has 4 aromatic heterocycles. The van der Waals surface area contributed by atoms with Crippen LogP contribution in [0.5, 0.6) is 0 Å². The van der Waals surface area contributed by atoms with Gasteiger partial charge in [0.1, 0.15) is 12.1 Å². The number of likely N-dealkylation sites (tertiary alicyclic amines) is 1. The molecule has 2 atom stereocenters. The van der Waals surface area contributed by atoms with Crippen molar-refractivity contribution in [2.75, 3.05) is 6.54 Å². The third kappa shape index (κ3) is 5.82. The Hall–Kier alpha value is -6.17. The SMILES string of the molecule is C[C@@H](NC(=O)c1ccncc1)C(=O)N1CCC[C@H]1C(=O)NC1(c2ccc(-c3nc4ccn5c(=O)[nH]nc5c4cc3-c3ccccc3)cc2)CCC1. The zero-order valence-electron chi connectivity index (χ0n) is 28.0. The molecule has 12 heteroatoms. The first-order chi connectivity index (χ1) is 24.8. The van der Waals surface area contributed by atoms with Crippen LogP contribution in [0.15, 0.2) is 102 Å². The fourth-order valence-electron chi connectivity index (χ4n) is 7.35. The van der Waals surface area contributed by atoms with Crippen molar-refractivity contribution in [1.82, 2.24) is 40.1 Å². The molecule has 0 radical (unpaired) electrons. The highest BCUT2D eigenvalue weighted by Crippen LogP contribution is 2.43. The summed E-state index contributed by atoms with van der Waals surface area (Å²) in [5.41, 5.74) is 5.39. The molecular formula is C39H36N8O4. The van der Waals surface area contributed by atoms with Crippen LogP contribution in [0.4, 0.5) is 0 Å². The van der Waals surface area contributed by atoms with Crippen LogP contribution < -0.4 is 16.3 Å². The minimum Gasteiger partial charge on any atom is -0.345 e. The van der Waals surface area contributed by atoms with Crippen molar-refractivity contribution in [1.29, 1.82) is 0 Å². The Morgan fingerprint density at radius 1 is 0.941 bits per heavy atom. The summed E-state index contributed by atoms with van der Waals surface area (Å²) in [6, 6.07) is 23.8. The molecule has 2 aliphatic rings. The Labute approximate surface area is 292 Å². The third-order valence-electron chi connectivity index (χ3n) is 10.2. The van der Waals surface area contributed by atoms with Crippen molar-refractivity contribution >= 4 is 34.3 Å². The van der Waals surface area contributed by atoms with Crippen molar-refractivity contribution < 1.29 is 14.4 Å². The maximum atomic E-state index is 13.9. The molecule has 6 aromatic rings. The van der Waals surface area contributed by atoms with Gasteiger partial charge in [0.05, 0.1) is 16.7 Å². The van der Waals surface area contributed by atoms with Crippen LogP contribution in [0.25, 0.3) is 38.9 Å². The Morgan fingerprint density at radius 2 is 1.71 bits per heavy atom. The number of aromatic nitrogens is 5. The molecule has 12 nitrogen and oxygen atoms in total. The molecule has 8 rings (SSSR count). The predicted molar refractivity (Wildman–Crippen MR) is 192 cm³/mol. The highest BCUT2D eigenvalue weighted by atomic mass is 16.2. The number of pyridine rings is 3. The van der Waals surface area contributed by atoms with Crippen molar-refractivity contribution in [3.05, 3.63) is 119 Å². The van der Waals surface area contributed by atoms with Gasteiger partial charge >= 0.3 is 5.69 Å². The number of H-pyrrole nitrogens is 1. The summed E-state index contributed by atoms with van der Waals surface area (Å²) in [7, 11) is 0. The molecule has 0 unspecified atom stereocenters. The average Bonchev–Trinajstić information content (AvgIpc) is 3.80. The van der Waals surface area contributed by atoms with Crippen molar-refractivity contribution in [2.24, 2.45) is 0 Å². The van der Waals surface area contributed by atoms with Gasteiger partial charge in [0.25, 0.3) is 5.91 Å². The first kappa shape index (κ1) is 32.1. The number of aromatic amines is 1. The molecule has 3 amide bonds. The quantitative estimate of drug-likeness (QED) is 0.212. The fraction of sp³-hybridized carbons (Fsp3) is 0.256. The van der Waals surface area contributed by atoms with E-state index >= 15 is 0 Å². The molecule has 5 heterocycles. The van der Waals surface area contributed by atoms with Gasteiger partial charge in [0.15, 0.2) is 5.65 Å². The van der Waals surface area contributed by atoms with Gasteiger partial charge in [-0.3, -0.25) is 19.4 Å². The molecular weight excluding hydrogens is 644 g/mol. The molecule has 3 N–H and O–H groups in total. The van der Waals surface area contributed by atoms with E-state index in [1.807, 2.05) is 54.6 Å². The van der Waals surface area contributed by atoms with E-state index in [4.69, 9.17) is 4.98 Å². The highest BCUT2D eigenvalue weighted by molar-refractivity contribution is 5.99. The van der Waals surface area contributed by atoms with Crippen LogP contribution >= 0.6 is 0 Å². The predicted octanol–water partition coefficient (Wildman–Crippen LogP) is 4.60. The molecule has 2 fully saturated rings. The van der Waals surface area contributed by atoms with E-state index in [1.54, 1.807) is 30.2 Å². The first-order valence-electron chi connectivity index (χ1n) is 17.2. The summed E-state index contributed by atoms with van der Waals surface area (Å²) in [5, 5.41) is 13.6. The summed E-state index contributed by atoms with van der Waals surface area (Å²) in [6.45, 7) is 2.11. The maximum Gasteiger partial charge on any atom is 0.347 e. The van der Waals surface area contributed by atoms with Gasteiger partial charge in [-0.15, -0.1) is 0 Å². The first-order valence-corrected chi connectivity index (χ1v) is 17.2. The van der Waals surface area contributed by atoms with E-state index in [2.05, 4.69) is 37.9 Å². The lowest BCUT2D eigenvalue weighted by atomic mass is 9.71. The second-order valence-electron chi connectivity index (χ2n) is 13.3. The summed E-state index contributed by atoms with van der Waals surface area (Å²) in [4.78, 5) is 62.9. The molecule has 1 aliphatic carbocycles. The van der Waals surface area contributed by atoms with Crippen LogP contribution in [0, 0.1) is 0 Å². The largest absolute Gasteiger partial charge is 0.347 e. The molecule has 2 aromatic carbocycles. The number of hydrogen-bond acceptors (Lipinski definition) is 7. The number of nitrogens with zero attached hydrogens (tertiary/aromatic N) is 5. The monoisotopic (exact) mass is 680 g/mol. The van der Waals surface area contributed by atoms with Gasteiger partial charge in [0.2, 0.25) is 11.8 Å². The number of benzene rings is 2. The molecule has 1 saturated carbocycles. The van der Waals surface area contributed by atoms with E-state index in [0.717, 1.165) is 52.6 Å². The molecule has 1 aliphatic heterocycles. The van der Waals surface area contributed by atoms with Gasteiger partial charge in [-0.25, -0.2) is 19.3 Å².